The van der Waals surface area contributed by atoms with Crippen molar-refractivity contribution < 1.29 is 9.59 Å². The Morgan fingerprint density at radius 3 is 2.44 bits per heavy atom. The Morgan fingerprint density at radius 1 is 1.07 bits per heavy atom. The number of nitrogens with one attached hydrogen (secondary N) is 1. The molecule has 0 spiro atoms. The lowest BCUT2D eigenvalue weighted by Crippen LogP contribution is -2.48. The summed E-state index contributed by atoms with van der Waals surface area (Å²) >= 11 is 3.47. The quantitative estimate of drug-likeness (QED) is 0.601. The van der Waals surface area contributed by atoms with Crippen LogP contribution in [0.15, 0.2) is 59.1 Å². The zero-order valence-corrected chi connectivity index (χ0v) is 17.5. The minimum Gasteiger partial charge on any atom is -0.354 e. The van der Waals surface area contributed by atoms with Crippen molar-refractivity contribution in [3.8, 4) is 0 Å². The van der Waals surface area contributed by atoms with Gasteiger partial charge in [0.2, 0.25) is 11.8 Å². The fraction of sp³-hybridized carbons (Fsp3) is 0.364. The van der Waals surface area contributed by atoms with Gasteiger partial charge in [-0.1, -0.05) is 71.7 Å². The lowest BCUT2D eigenvalue weighted by Gasteiger charge is -2.29. The van der Waals surface area contributed by atoms with Crippen LogP contribution in [0, 0.1) is 0 Å². The third-order valence-corrected chi connectivity index (χ3v) is 4.93. The molecule has 2 rings (SSSR count). The van der Waals surface area contributed by atoms with Crippen molar-refractivity contribution in [1.29, 1.82) is 0 Å². The molecule has 0 saturated carbocycles. The Balaban J connectivity index is 2.16. The molecule has 0 saturated heterocycles. The van der Waals surface area contributed by atoms with Gasteiger partial charge in [-0.2, -0.15) is 0 Å². The SMILES string of the molecule is CCCCNC(=O)[C@H](C)N(Cc1cccc(Br)c1)C(=O)Cc1ccccc1. The second kappa shape index (κ2) is 10.9. The average Bonchev–Trinajstić information content (AvgIpc) is 2.66. The van der Waals surface area contributed by atoms with Gasteiger partial charge in [-0.15, -0.1) is 0 Å². The van der Waals surface area contributed by atoms with Gasteiger partial charge in [-0.05, 0) is 36.6 Å². The highest BCUT2D eigenvalue weighted by atomic mass is 79.9. The maximum atomic E-state index is 13.0. The molecule has 27 heavy (non-hydrogen) atoms. The van der Waals surface area contributed by atoms with E-state index in [1.165, 1.54) is 0 Å². The van der Waals surface area contributed by atoms with Gasteiger partial charge in [0.1, 0.15) is 6.04 Å². The van der Waals surface area contributed by atoms with E-state index in [2.05, 4.69) is 28.2 Å². The molecule has 2 aromatic rings. The van der Waals surface area contributed by atoms with Gasteiger partial charge in [-0.25, -0.2) is 0 Å². The summed E-state index contributed by atoms with van der Waals surface area (Å²) in [5, 5.41) is 2.94. The molecule has 4 nitrogen and oxygen atoms in total. The van der Waals surface area contributed by atoms with Gasteiger partial charge < -0.3 is 10.2 Å². The van der Waals surface area contributed by atoms with Crippen LogP contribution in [0.2, 0.25) is 0 Å². The van der Waals surface area contributed by atoms with Crippen molar-refractivity contribution in [3.63, 3.8) is 0 Å². The number of hydrogen-bond acceptors (Lipinski definition) is 2. The highest BCUT2D eigenvalue weighted by Gasteiger charge is 2.26. The third-order valence-electron chi connectivity index (χ3n) is 4.44. The average molecular weight is 431 g/mol. The summed E-state index contributed by atoms with van der Waals surface area (Å²) < 4.78 is 0.954. The van der Waals surface area contributed by atoms with Crippen LogP contribution in [0.4, 0.5) is 0 Å². The number of unbranched alkanes of at least 4 members (excludes halogenated alkanes) is 1. The largest absolute Gasteiger partial charge is 0.354 e. The predicted octanol–water partition coefficient (Wildman–Crippen LogP) is 4.33. The number of halogens is 1. The summed E-state index contributed by atoms with van der Waals surface area (Å²) in [6, 6.07) is 16.9. The van der Waals surface area contributed by atoms with Gasteiger partial charge >= 0.3 is 0 Å². The Morgan fingerprint density at radius 2 is 1.78 bits per heavy atom. The first-order valence-electron chi connectivity index (χ1n) is 9.36. The molecule has 0 fully saturated rings. The molecule has 144 valence electrons. The van der Waals surface area contributed by atoms with E-state index >= 15 is 0 Å². The molecule has 0 heterocycles. The second-order valence-electron chi connectivity index (χ2n) is 6.63. The van der Waals surface area contributed by atoms with Crippen LogP contribution in [0.1, 0.15) is 37.8 Å². The minimum absolute atomic E-state index is 0.0562. The monoisotopic (exact) mass is 430 g/mol. The Hall–Kier alpha value is -2.14. The summed E-state index contributed by atoms with van der Waals surface area (Å²) in [7, 11) is 0. The molecular weight excluding hydrogens is 404 g/mol. The Labute approximate surface area is 170 Å². The predicted molar refractivity (Wildman–Crippen MR) is 112 cm³/mol. The fourth-order valence-corrected chi connectivity index (χ4v) is 3.27. The number of hydrogen-bond donors (Lipinski definition) is 1. The zero-order chi connectivity index (χ0) is 19.6. The van der Waals surface area contributed by atoms with E-state index in [1.54, 1.807) is 11.8 Å². The molecule has 0 aromatic heterocycles. The van der Waals surface area contributed by atoms with Gasteiger partial charge in [-0.3, -0.25) is 9.59 Å². The van der Waals surface area contributed by atoms with Crippen LogP contribution in [0.5, 0.6) is 0 Å². The third kappa shape index (κ3) is 6.83. The van der Waals surface area contributed by atoms with Gasteiger partial charge in [0.15, 0.2) is 0 Å². The summed E-state index contributed by atoms with van der Waals surface area (Å²) in [5.74, 6) is -0.167. The maximum Gasteiger partial charge on any atom is 0.242 e. The number of carbonyl (C=O) groups is 2. The van der Waals surface area contributed by atoms with Crippen LogP contribution >= 0.6 is 15.9 Å². The Bertz CT molecular complexity index is 749. The number of benzene rings is 2. The zero-order valence-electron chi connectivity index (χ0n) is 16.0. The van der Waals surface area contributed by atoms with E-state index < -0.39 is 6.04 Å². The lowest BCUT2D eigenvalue weighted by atomic mass is 10.1. The van der Waals surface area contributed by atoms with Crippen molar-refractivity contribution in [1.82, 2.24) is 10.2 Å². The van der Waals surface area contributed by atoms with Crippen LogP contribution in [0.3, 0.4) is 0 Å². The van der Waals surface area contributed by atoms with E-state index in [-0.39, 0.29) is 18.2 Å². The number of rotatable bonds is 9. The lowest BCUT2D eigenvalue weighted by molar-refractivity contribution is -0.140. The van der Waals surface area contributed by atoms with Crippen molar-refractivity contribution in [3.05, 3.63) is 70.2 Å². The first-order chi connectivity index (χ1) is 13.0. The molecule has 1 atom stereocenters. The smallest absolute Gasteiger partial charge is 0.242 e. The van der Waals surface area contributed by atoms with E-state index in [9.17, 15) is 9.59 Å². The highest BCUT2D eigenvalue weighted by molar-refractivity contribution is 9.10. The second-order valence-corrected chi connectivity index (χ2v) is 7.55. The number of carbonyl (C=O) groups excluding carboxylic acids is 2. The molecule has 0 aliphatic rings. The number of nitrogens with zero attached hydrogens (tertiary/aromatic N) is 1. The van der Waals surface area contributed by atoms with E-state index in [0.717, 1.165) is 28.4 Å². The molecule has 0 radical (unpaired) electrons. The summed E-state index contributed by atoms with van der Waals surface area (Å²) in [4.78, 5) is 27.2. The molecule has 1 N–H and O–H groups in total. The first kappa shape index (κ1) is 21.2. The molecule has 5 heteroatoms. The molecule has 0 aliphatic carbocycles. The van der Waals surface area contributed by atoms with Gasteiger partial charge in [0.05, 0.1) is 6.42 Å². The topological polar surface area (TPSA) is 49.4 Å². The summed E-state index contributed by atoms with van der Waals surface area (Å²) in [6.07, 6.45) is 2.23. The van der Waals surface area contributed by atoms with Crippen LogP contribution in [-0.2, 0) is 22.6 Å². The summed E-state index contributed by atoms with van der Waals surface area (Å²) in [6.45, 7) is 4.91. The standard InChI is InChI=1S/C22H27BrN2O2/c1-3-4-13-24-22(27)17(2)25(16-19-11-8-12-20(23)14-19)21(26)15-18-9-6-5-7-10-18/h5-12,14,17H,3-4,13,15-16H2,1-2H3,(H,24,27)/t17-/m0/s1. The van der Waals surface area contributed by atoms with E-state index in [4.69, 9.17) is 0 Å². The molecule has 0 unspecified atom stereocenters. The fourth-order valence-electron chi connectivity index (χ4n) is 2.82. The normalized spacial score (nSPS) is 11.7. The molecule has 2 aromatic carbocycles. The first-order valence-corrected chi connectivity index (χ1v) is 10.2. The van der Waals surface area contributed by atoms with Crippen molar-refractivity contribution in [2.24, 2.45) is 0 Å². The van der Waals surface area contributed by atoms with Crippen LogP contribution in [-0.4, -0.2) is 29.3 Å². The van der Waals surface area contributed by atoms with E-state index in [0.29, 0.717) is 13.1 Å². The molecular formula is C22H27BrN2O2. The molecule has 2 amide bonds. The Kier molecular flexibility index (Phi) is 8.52. The van der Waals surface area contributed by atoms with Gasteiger partial charge in [0.25, 0.3) is 0 Å². The number of amides is 2. The van der Waals surface area contributed by atoms with Crippen LogP contribution < -0.4 is 5.32 Å². The highest BCUT2D eigenvalue weighted by Crippen LogP contribution is 2.16. The van der Waals surface area contributed by atoms with Crippen molar-refractivity contribution in [2.75, 3.05) is 6.54 Å². The maximum absolute atomic E-state index is 13.0. The van der Waals surface area contributed by atoms with Crippen LogP contribution in [0.25, 0.3) is 0 Å². The van der Waals surface area contributed by atoms with E-state index in [1.807, 2.05) is 54.6 Å². The van der Waals surface area contributed by atoms with Gasteiger partial charge in [0, 0.05) is 17.6 Å². The van der Waals surface area contributed by atoms with Crippen molar-refractivity contribution in [2.45, 2.75) is 45.7 Å². The molecule has 0 bridgehead atoms. The summed E-state index contributed by atoms with van der Waals surface area (Å²) in [5.41, 5.74) is 1.93. The van der Waals surface area contributed by atoms with Crippen molar-refractivity contribution >= 4 is 27.7 Å². The minimum atomic E-state index is -0.531. The molecule has 0 aliphatic heterocycles.